The zero-order valence-electron chi connectivity index (χ0n) is 17.5. The van der Waals surface area contributed by atoms with Crippen molar-refractivity contribution in [1.82, 2.24) is 24.6 Å². The second-order valence-corrected chi connectivity index (χ2v) is 9.24. The lowest BCUT2D eigenvalue weighted by atomic mass is 10.1. The third-order valence-electron chi connectivity index (χ3n) is 5.39. The van der Waals surface area contributed by atoms with Crippen LogP contribution in [0.1, 0.15) is 10.4 Å². The Labute approximate surface area is 194 Å². The van der Waals surface area contributed by atoms with E-state index in [1.54, 1.807) is 30.8 Å². The van der Waals surface area contributed by atoms with Gasteiger partial charge in [0.15, 0.2) is 11.0 Å². The summed E-state index contributed by atoms with van der Waals surface area (Å²) in [5.41, 5.74) is 3.07. The maximum absolute atomic E-state index is 12.9. The maximum atomic E-state index is 12.9. The van der Waals surface area contributed by atoms with Crippen LogP contribution in [-0.4, -0.2) is 50.0 Å². The number of pyridine rings is 1. The lowest BCUT2D eigenvalue weighted by Gasteiger charge is -2.26. The third-order valence-corrected chi connectivity index (χ3v) is 7.32. The molecule has 0 spiro atoms. The minimum Gasteiger partial charge on any atom is -0.497 e. The van der Waals surface area contributed by atoms with Gasteiger partial charge in [-0.1, -0.05) is 11.8 Å². The molecule has 0 aliphatic carbocycles. The van der Waals surface area contributed by atoms with Gasteiger partial charge >= 0.3 is 0 Å². The van der Waals surface area contributed by atoms with Crippen LogP contribution in [0.15, 0.2) is 65.4 Å². The van der Waals surface area contributed by atoms with E-state index in [4.69, 9.17) is 4.74 Å². The average molecular weight is 464 g/mol. The Morgan fingerprint density at radius 1 is 1.12 bits per heavy atom. The van der Waals surface area contributed by atoms with Crippen LogP contribution in [0.4, 0.5) is 0 Å². The van der Waals surface area contributed by atoms with Gasteiger partial charge in [0.1, 0.15) is 5.75 Å². The van der Waals surface area contributed by atoms with Crippen molar-refractivity contribution in [2.75, 3.05) is 19.4 Å². The van der Waals surface area contributed by atoms with E-state index >= 15 is 0 Å². The van der Waals surface area contributed by atoms with Crippen molar-refractivity contribution < 1.29 is 9.53 Å². The summed E-state index contributed by atoms with van der Waals surface area (Å²) in [5, 5.41) is 11.6. The molecule has 4 aromatic rings. The molecule has 1 aromatic carbocycles. The fraction of sp³-hybridized carbons (Fsp3) is 0.217. The van der Waals surface area contributed by atoms with E-state index in [0.717, 1.165) is 30.0 Å². The first-order chi connectivity index (χ1) is 15.7. The van der Waals surface area contributed by atoms with E-state index in [1.807, 2.05) is 45.9 Å². The number of amides is 1. The number of carbonyl (C=O) groups excluding carboxylic acids is 1. The fourth-order valence-electron chi connectivity index (χ4n) is 3.69. The Balaban J connectivity index is 1.40. The zero-order chi connectivity index (χ0) is 21.9. The summed E-state index contributed by atoms with van der Waals surface area (Å²) in [6.07, 6.45) is 4.39. The van der Waals surface area contributed by atoms with Crippen molar-refractivity contribution in [1.29, 1.82) is 0 Å². The monoisotopic (exact) mass is 463 g/mol. The van der Waals surface area contributed by atoms with E-state index in [9.17, 15) is 4.79 Å². The van der Waals surface area contributed by atoms with E-state index in [0.29, 0.717) is 23.3 Å². The van der Waals surface area contributed by atoms with Crippen LogP contribution in [0, 0.1) is 0 Å². The number of nitrogens with zero attached hydrogens (tertiary/aromatic N) is 5. The van der Waals surface area contributed by atoms with Gasteiger partial charge < -0.3 is 9.64 Å². The number of fused-ring (bicyclic) bond motifs is 1. The molecule has 7 nitrogen and oxygen atoms in total. The molecule has 1 aliphatic rings. The summed E-state index contributed by atoms with van der Waals surface area (Å²) < 4.78 is 7.27. The van der Waals surface area contributed by atoms with Gasteiger partial charge in [-0.2, -0.15) is 0 Å². The highest BCUT2D eigenvalue weighted by molar-refractivity contribution is 7.99. The van der Waals surface area contributed by atoms with Crippen LogP contribution >= 0.6 is 23.1 Å². The van der Waals surface area contributed by atoms with Gasteiger partial charge in [-0.15, -0.1) is 21.5 Å². The summed E-state index contributed by atoms with van der Waals surface area (Å²) in [6.45, 7) is 1.45. The molecule has 0 saturated heterocycles. The number of thioether (sulfide) groups is 1. The number of hydrogen-bond acceptors (Lipinski definition) is 7. The van der Waals surface area contributed by atoms with Crippen molar-refractivity contribution in [3.8, 4) is 22.8 Å². The fourth-order valence-corrected chi connectivity index (χ4v) is 5.44. The first-order valence-electron chi connectivity index (χ1n) is 10.2. The van der Waals surface area contributed by atoms with Gasteiger partial charge in [-0.3, -0.25) is 14.3 Å². The van der Waals surface area contributed by atoms with E-state index < -0.39 is 0 Å². The Bertz CT molecular complexity index is 1220. The Morgan fingerprint density at radius 2 is 1.94 bits per heavy atom. The molecule has 1 amide bonds. The standard InChI is InChI=1S/C23H21N5O2S2/c1-30-19-4-2-18(3-5-19)28-22(16-6-10-24-11-7-16)25-26-23(28)32-15-21(29)27-12-8-20-17(14-27)9-13-31-20/h2-7,9-11,13H,8,12,14-15H2,1H3. The predicted molar refractivity (Wildman–Crippen MR) is 125 cm³/mol. The molecule has 0 N–H and O–H groups in total. The molecule has 0 saturated carbocycles. The van der Waals surface area contributed by atoms with Crippen molar-refractivity contribution >= 4 is 29.0 Å². The summed E-state index contributed by atoms with van der Waals surface area (Å²) >= 11 is 3.18. The van der Waals surface area contributed by atoms with Crippen molar-refractivity contribution in [3.63, 3.8) is 0 Å². The first kappa shape index (κ1) is 20.7. The second kappa shape index (κ2) is 9.13. The Kier molecular flexibility index (Phi) is 5.91. The molecule has 0 atom stereocenters. The van der Waals surface area contributed by atoms with Crippen LogP contribution in [0.25, 0.3) is 17.1 Å². The highest BCUT2D eigenvalue weighted by Gasteiger charge is 2.23. The molecule has 1 aliphatic heterocycles. The minimum atomic E-state index is 0.113. The lowest BCUT2D eigenvalue weighted by molar-refractivity contribution is -0.129. The van der Waals surface area contributed by atoms with Crippen LogP contribution in [-0.2, 0) is 17.8 Å². The molecular formula is C23H21N5O2S2. The van der Waals surface area contributed by atoms with E-state index in [2.05, 4.69) is 26.6 Å². The summed E-state index contributed by atoms with van der Waals surface area (Å²) in [6, 6.07) is 13.6. The van der Waals surface area contributed by atoms with Crippen molar-refractivity contribution in [3.05, 3.63) is 70.7 Å². The molecule has 0 fully saturated rings. The zero-order valence-corrected chi connectivity index (χ0v) is 19.1. The summed E-state index contributed by atoms with van der Waals surface area (Å²) in [4.78, 5) is 20.4. The number of rotatable bonds is 6. The van der Waals surface area contributed by atoms with Crippen LogP contribution in [0.3, 0.4) is 0 Å². The number of hydrogen-bond donors (Lipinski definition) is 0. The van der Waals surface area contributed by atoms with Gasteiger partial charge in [-0.25, -0.2) is 0 Å². The normalized spacial score (nSPS) is 13.1. The number of benzene rings is 1. The first-order valence-corrected chi connectivity index (χ1v) is 12.1. The lowest BCUT2D eigenvalue weighted by Crippen LogP contribution is -2.36. The molecule has 0 bridgehead atoms. The number of ether oxygens (including phenoxy) is 1. The van der Waals surface area contributed by atoms with Gasteiger partial charge in [0.2, 0.25) is 5.91 Å². The molecule has 3 aromatic heterocycles. The molecule has 0 unspecified atom stereocenters. The van der Waals surface area contributed by atoms with Gasteiger partial charge in [0, 0.05) is 41.6 Å². The maximum Gasteiger partial charge on any atom is 0.233 e. The topological polar surface area (TPSA) is 73.1 Å². The molecule has 162 valence electrons. The highest BCUT2D eigenvalue weighted by Crippen LogP contribution is 2.30. The third kappa shape index (κ3) is 4.13. The highest BCUT2D eigenvalue weighted by atomic mass is 32.2. The number of methoxy groups -OCH3 is 1. The predicted octanol–water partition coefficient (Wildman–Crippen LogP) is 4.08. The van der Waals surface area contributed by atoms with Crippen molar-refractivity contribution in [2.45, 2.75) is 18.1 Å². The largest absolute Gasteiger partial charge is 0.497 e. The van der Waals surface area contributed by atoms with Crippen molar-refractivity contribution in [2.24, 2.45) is 0 Å². The molecule has 32 heavy (non-hydrogen) atoms. The average Bonchev–Trinajstić information content (AvgIpc) is 3.49. The molecule has 4 heterocycles. The quantitative estimate of drug-likeness (QED) is 0.401. The number of thiophene rings is 1. The number of carbonyl (C=O) groups is 1. The van der Waals surface area contributed by atoms with Gasteiger partial charge in [-0.05, 0) is 59.8 Å². The second-order valence-electron chi connectivity index (χ2n) is 7.30. The Hall–Kier alpha value is -3.17. The van der Waals surface area contributed by atoms with E-state index in [1.165, 1.54) is 22.2 Å². The van der Waals surface area contributed by atoms with Crippen LogP contribution in [0.5, 0.6) is 5.75 Å². The molecular weight excluding hydrogens is 442 g/mol. The molecule has 9 heteroatoms. The van der Waals surface area contributed by atoms with Gasteiger partial charge in [0.25, 0.3) is 0 Å². The smallest absolute Gasteiger partial charge is 0.233 e. The summed E-state index contributed by atoms with van der Waals surface area (Å²) in [7, 11) is 1.64. The Morgan fingerprint density at radius 3 is 2.72 bits per heavy atom. The van der Waals surface area contributed by atoms with Crippen LogP contribution in [0.2, 0.25) is 0 Å². The van der Waals surface area contributed by atoms with E-state index in [-0.39, 0.29) is 5.91 Å². The molecule has 0 radical (unpaired) electrons. The molecule has 5 rings (SSSR count). The SMILES string of the molecule is COc1ccc(-n2c(SCC(=O)N3CCc4sccc4C3)nnc2-c2ccncc2)cc1. The van der Waals surface area contributed by atoms with Gasteiger partial charge in [0.05, 0.1) is 12.9 Å². The van der Waals surface area contributed by atoms with Crippen LogP contribution < -0.4 is 4.74 Å². The summed E-state index contributed by atoms with van der Waals surface area (Å²) in [5.74, 6) is 1.90. The minimum absolute atomic E-state index is 0.113. The number of aromatic nitrogens is 4.